The van der Waals surface area contributed by atoms with Crippen LogP contribution in [0.25, 0.3) is 0 Å². The molecule has 0 aliphatic heterocycles. The zero-order valence-corrected chi connectivity index (χ0v) is 15.2. The van der Waals surface area contributed by atoms with Crippen LogP contribution < -0.4 is 5.32 Å². The Hall–Kier alpha value is -1.76. The normalized spacial score (nSPS) is 13.2. The lowest BCUT2D eigenvalue weighted by Gasteiger charge is -2.21. The Morgan fingerprint density at radius 2 is 2.00 bits per heavy atom. The van der Waals surface area contributed by atoms with Gasteiger partial charge in [0.2, 0.25) is 5.91 Å². The Bertz CT molecular complexity index is 621. The van der Waals surface area contributed by atoms with Crippen molar-refractivity contribution in [2.45, 2.75) is 33.1 Å². The first-order valence-electron chi connectivity index (χ1n) is 7.69. The van der Waals surface area contributed by atoms with Gasteiger partial charge in [0.15, 0.2) is 0 Å². The van der Waals surface area contributed by atoms with E-state index in [4.69, 9.17) is 5.11 Å². The summed E-state index contributed by atoms with van der Waals surface area (Å²) in [4.78, 5) is 35.0. The number of carboxylic acid groups (broad SMARTS) is 1. The molecule has 0 saturated carbocycles. The van der Waals surface area contributed by atoms with Crippen molar-refractivity contribution in [3.8, 4) is 0 Å². The lowest BCUT2D eigenvalue weighted by Crippen LogP contribution is -2.38. The summed E-state index contributed by atoms with van der Waals surface area (Å²) in [7, 11) is 0. The number of hydrogen-bond donors (Lipinski definition) is 2. The Balaban J connectivity index is 2.76. The molecule has 0 bridgehead atoms. The molecule has 0 aromatic heterocycles. The molecule has 24 heavy (non-hydrogen) atoms. The molecule has 2 atom stereocenters. The van der Waals surface area contributed by atoms with Gasteiger partial charge in [0.25, 0.3) is 0 Å². The monoisotopic (exact) mass is 401 g/mol. The second-order valence-electron chi connectivity index (χ2n) is 5.76. The van der Waals surface area contributed by atoms with Crippen LogP contribution in [0.1, 0.15) is 32.3 Å². The maximum Gasteiger partial charge on any atom is 0.322 e. The molecule has 1 aromatic carbocycles. The number of aliphatic carboxylic acids is 1. The molecule has 0 aliphatic carbocycles. The highest BCUT2D eigenvalue weighted by molar-refractivity contribution is 9.10. The van der Waals surface area contributed by atoms with Gasteiger partial charge in [0, 0.05) is 23.2 Å². The first-order valence-corrected chi connectivity index (χ1v) is 8.49. The van der Waals surface area contributed by atoms with Crippen molar-refractivity contribution in [2.75, 3.05) is 6.54 Å². The van der Waals surface area contributed by atoms with Crippen molar-refractivity contribution in [1.29, 1.82) is 0 Å². The lowest BCUT2D eigenvalue weighted by atomic mass is 9.85. The molecule has 0 fully saturated rings. The third-order valence-electron chi connectivity index (χ3n) is 3.93. The smallest absolute Gasteiger partial charge is 0.322 e. The highest BCUT2D eigenvalue weighted by Crippen LogP contribution is 2.22. The molecule has 1 amide bonds. The van der Waals surface area contributed by atoms with E-state index in [1.54, 1.807) is 6.07 Å². The Morgan fingerprint density at radius 1 is 1.33 bits per heavy atom. The van der Waals surface area contributed by atoms with E-state index in [1.807, 2.05) is 13.8 Å². The molecule has 1 rings (SSSR count). The number of carbonyl (C=O) groups excluding carboxylic acids is 2. The summed E-state index contributed by atoms with van der Waals surface area (Å²) in [6.07, 6.45) is 0.527. The third kappa shape index (κ3) is 6.39. The van der Waals surface area contributed by atoms with E-state index in [0.717, 1.165) is 0 Å². The Kier molecular flexibility index (Phi) is 8.04. The van der Waals surface area contributed by atoms with Crippen LogP contribution in [0, 0.1) is 17.7 Å². The third-order valence-corrected chi connectivity index (χ3v) is 4.43. The second-order valence-corrected chi connectivity index (χ2v) is 6.67. The van der Waals surface area contributed by atoms with Crippen LogP contribution in [-0.2, 0) is 20.8 Å². The van der Waals surface area contributed by atoms with Crippen LogP contribution in [0.15, 0.2) is 22.7 Å². The molecule has 5 nitrogen and oxygen atoms in total. The SMILES string of the molecule is CC[C@H](C)[C@H](CC(=O)Cc1ccc(Br)cc1F)C(=O)NCC(=O)O. The number of hydrogen-bond acceptors (Lipinski definition) is 3. The van der Waals surface area contributed by atoms with E-state index < -0.39 is 30.2 Å². The average molecular weight is 402 g/mol. The van der Waals surface area contributed by atoms with E-state index in [1.165, 1.54) is 12.1 Å². The van der Waals surface area contributed by atoms with Crippen molar-refractivity contribution in [3.05, 3.63) is 34.1 Å². The standard InChI is InChI=1S/C17H21BrFNO4/c1-3-10(2)14(17(24)20-9-16(22)23)8-13(21)6-11-4-5-12(18)7-15(11)19/h4-5,7,10,14H,3,6,8-9H2,1-2H3,(H,20,24)(H,22,23)/t10-,14-/m0/s1. The highest BCUT2D eigenvalue weighted by atomic mass is 79.9. The van der Waals surface area contributed by atoms with Crippen molar-refractivity contribution in [1.82, 2.24) is 5.32 Å². The van der Waals surface area contributed by atoms with Crippen LogP contribution in [0.2, 0.25) is 0 Å². The number of benzene rings is 1. The molecule has 0 aliphatic rings. The van der Waals surface area contributed by atoms with Gasteiger partial charge in [-0.1, -0.05) is 42.3 Å². The molecular weight excluding hydrogens is 381 g/mol. The van der Waals surface area contributed by atoms with Crippen molar-refractivity contribution < 1.29 is 23.9 Å². The van der Waals surface area contributed by atoms with Crippen LogP contribution in [-0.4, -0.2) is 29.3 Å². The molecule has 0 heterocycles. The number of ketones is 1. The number of carboxylic acids is 1. The minimum atomic E-state index is -1.14. The molecular formula is C17H21BrFNO4. The van der Waals surface area contributed by atoms with E-state index in [2.05, 4.69) is 21.2 Å². The summed E-state index contributed by atoms with van der Waals surface area (Å²) in [5, 5.41) is 11.0. The zero-order chi connectivity index (χ0) is 18.3. The van der Waals surface area contributed by atoms with Gasteiger partial charge in [-0.3, -0.25) is 14.4 Å². The fraction of sp³-hybridized carbons (Fsp3) is 0.471. The number of amides is 1. The molecule has 1 aromatic rings. The average Bonchev–Trinajstić information content (AvgIpc) is 2.52. The van der Waals surface area contributed by atoms with Crippen LogP contribution in [0.3, 0.4) is 0 Å². The maximum absolute atomic E-state index is 13.8. The van der Waals surface area contributed by atoms with Crippen LogP contribution in [0.5, 0.6) is 0 Å². The molecule has 0 saturated heterocycles. The van der Waals surface area contributed by atoms with E-state index in [9.17, 15) is 18.8 Å². The predicted octanol–water partition coefficient (Wildman–Crippen LogP) is 2.95. The number of nitrogens with one attached hydrogen (secondary N) is 1. The number of rotatable bonds is 9. The van der Waals surface area contributed by atoms with Crippen molar-refractivity contribution in [2.24, 2.45) is 11.8 Å². The first kappa shape index (κ1) is 20.3. The minimum Gasteiger partial charge on any atom is -0.480 e. The summed E-state index contributed by atoms with van der Waals surface area (Å²) in [6, 6.07) is 4.46. The molecule has 132 valence electrons. The number of carbonyl (C=O) groups is 3. The van der Waals surface area contributed by atoms with Crippen LogP contribution in [0.4, 0.5) is 4.39 Å². The predicted molar refractivity (Wildman–Crippen MR) is 91.0 cm³/mol. The largest absolute Gasteiger partial charge is 0.480 e. The van der Waals surface area contributed by atoms with E-state index in [0.29, 0.717) is 10.9 Å². The summed E-state index contributed by atoms with van der Waals surface area (Å²) in [5.74, 6) is -3.05. The van der Waals surface area contributed by atoms with Gasteiger partial charge in [-0.15, -0.1) is 0 Å². The lowest BCUT2D eigenvalue weighted by molar-refractivity contribution is -0.139. The zero-order valence-electron chi connectivity index (χ0n) is 13.6. The molecule has 7 heteroatoms. The molecule has 0 spiro atoms. The van der Waals surface area contributed by atoms with Gasteiger partial charge in [-0.2, -0.15) is 0 Å². The van der Waals surface area contributed by atoms with Gasteiger partial charge in [0.05, 0.1) is 0 Å². The summed E-state index contributed by atoms with van der Waals surface area (Å²) >= 11 is 3.15. The summed E-state index contributed by atoms with van der Waals surface area (Å²) < 4.78 is 14.4. The Labute approximate surface area is 148 Å². The quantitative estimate of drug-likeness (QED) is 0.666. The first-order chi connectivity index (χ1) is 11.2. The van der Waals surface area contributed by atoms with Gasteiger partial charge >= 0.3 is 5.97 Å². The van der Waals surface area contributed by atoms with Gasteiger partial charge in [0.1, 0.15) is 18.1 Å². The van der Waals surface area contributed by atoms with Gasteiger partial charge < -0.3 is 10.4 Å². The Morgan fingerprint density at radius 3 is 2.54 bits per heavy atom. The van der Waals surface area contributed by atoms with E-state index >= 15 is 0 Å². The maximum atomic E-state index is 13.8. The summed E-state index contributed by atoms with van der Waals surface area (Å²) in [6.45, 7) is 3.24. The molecule has 0 unspecified atom stereocenters. The molecule has 2 N–H and O–H groups in total. The minimum absolute atomic E-state index is 0.0457. The fourth-order valence-corrected chi connectivity index (χ4v) is 2.66. The van der Waals surface area contributed by atoms with Gasteiger partial charge in [-0.05, 0) is 23.6 Å². The topological polar surface area (TPSA) is 83.5 Å². The van der Waals surface area contributed by atoms with Crippen molar-refractivity contribution >= 4 is 33.6 Å². The second kappa shape index (κ2) is 9.52. The van der Waals surface area contributed by atoms with Gasteiger partial charge in [-0.25, -0.2) is 4.39 Å². The fourth-order valence-electron chi connectivity index (χ4n) is 2.33. The van der Waals surface area contributed by atoms with Crippen molar-refractivity contribution in [3.63, 3.8) is 0 Å². The number of Topliss-reactive ketones (excluding diaryl/α,β-unsaturated/α-hetero) is 1. The number of halogens is 2. The van der Waals surface area contributed by atoms with Crippen LogP contribution >= 0.6 is 15.9 Å². The van der Waals surface area contributed by atoms with E-state index in [-0.39, 0.29) is 30.1 Å². The highest BCUT2D eigenvalue weighted by Gasteiger charge is 2.27. The molecule has 0 radical (unpaired) electrons. The summed E-state index contributed by atoms with van der Waals surface area (Å²) in [5.41, 5.74) is 0.275.